The Hall–Kier alpha value is -1.13. The fourth-order valence-electron chi connectivity index (χ4n) is 2.60. The Bertz CT molecular complexity index is 310. The zero-order valence-corrected chi connectivity index (χ0v) is 10.4. The second-order valence-corrected chi connectivity index (χ2v) is 5.77. The minimum atomic E-state index is -0.474. The molecule has 88 valence electrons. The molecule has 0 aromatic heterocycles. The average Bonchev–Trinajstić information content (AvgIpc) is 2.25. The van der Waals surface area contributed by atoms with Crippen molar-refractivity contribution in [3.63, 3.8) is 0 Å². The number of nitrogens with zero attached hydrogens (tertiary/aromatic N) is 2. The van der Waals surface area contributed by atoms with Crippen LogP contribution >= 0.6 is 0 Å². The number of hydrogen-bond donors (Lipinski definition) is 0. The predicted octanol–water partition coefficient (Wildman–Crippen LogP) is 3.07. The predicted molar refractivity (Wildman–Crippen MR) is 62.4 cm³/mol. The fraction of sp³-hybridized carbons (Fsp3) is 0.846. The van der Waals surface area contributed by atoms with Gasteiger partial charge in [0, 0.05) is 0 Å². The quantitative estimate of drug-likeness (QED) is 0.530. The molecule has 3 heteroatoms. The van der Waals surface area contributed by atoms with Crippen molar-refractivity contribution in [3.05, 3.63) is 0 Å². The van der Waals surface area contributed by atoms with Crippen molar-refractivity contribution in [1.82, 2.24) is 0 Å². The maximum absolute atomic E-state index is 10.2. The average molecular weight is 220 g/mol. The van der Waals surface area contributed by atoms with E-state index in [-0.39, 0.29) is 5.92 Å². The highest BCUT2D eigenvalue weighted by Gasteiger charge is 2.32. The molecule has 0 spiro atoms. The minimum Gasteiger partial charge on any atom is -0.211 e. The van der Waals surface area contributed by atoms with Gasteiger partial charge in [-0.1, -0.05) is 20.8 Å². The number of rotatable bonds is 2. The van der Waals surface area contributed by atoms with E-state index in [1.54, 1.807) is 0 Å². The lowest BCUT2D eigenvalue weighted by Crippen LogP contribution is -2.29. The molecule has 1 fully saturated rings. The molecule has 0 radical (unpaired) electrons. The van der Waals surface area contributed by atoms with Gasteiger partial charge < -0.3 is 0 Å². The molecule has 0 aromatic rings. The van der Waals surface area contributed by atoms with E-state index in [4.69, 9.17) is 5.26 Å². The smallest absolute Gasteiger partial charge is 0.211 e. The third-order valence-corrected chi connectivity index (χ3v) is 3.77. The Morgan fingerprint density at radius 1 is 1.25 bits per heavy atom. The summed E-state index contributed by atoms with van der Waals surface area (Å²) in [6.07, 6.45) is 5.80. The van der Waals surface area contributed by atoms with Gasteiger partial charge in [0.2, 0.25) is 6.08 Å². The van der Waals surface area contributed by atoms with Crippen LogP contribution in [0.3, 0.4) is 0 Å². The standard InChI is InChI=1S/C13H20N2O/c1-13(2,3)11-6-4-10(5-7-11)12(8-14)15-9-16/h10-12H,4-7H2,1-3H3. The fourth-order valence-corrected chi connectivity index (χ4v) is 2.60. The van der Waals surface area contributed by atoms with Crippen LogP contribution in [-0.2, 0) is 4.79 Å². The monoisotopic (exact) mass is 220 g/mol. The second-order valence-electron chi connectivity index (χ2n) is 5.77. The molecule has 1 aliphatic rings. The summed E-state index contributed by atoms with van der Waals surface area (Å²) in [7, 11) is 0. The molecule has 1 rings (SSSR count). The number of aliphatic imine (C=N–C) groups is 1. The van der Waals surface area contributed by atoms with Crippen molar-refractivity contribution in [3.8, 4) is 6.07 Å². The van der Waals surface area contributed by atoms with Crippen molar-refractivity contribution in [2.45, 2.75) is 52.5 Å². The first kappa shape index (κ1) is 12.9. The summed E-state index contributed by atoms with van der Waals surface area (Å²) in [5, 5.41) is 8.91. The van der Waals surface area contributed by atoms with Gasteiger partial charge in [0.1, 0.15) is 0 Å². The highest BCUT2D eigenvalue weighted by atomic mass is 16.1. The largest absolute Gasteiger partial charge is 0.236 e. The highest BCUT2D eigenvalue weighted by Crippen LogP contribution is 2.40. The molecule has 3 nitrogen and oxygen atoms in total. The topological polar surface area (TPSA) is 53.2 Å². The Morgan fingerprint density at radius 2 is 1.81 bits per heavy atom. The first-order valence-corrected chi connectivity index (χ1v) is 5.95. The summed E-state index contributed by atoms with van der Waals surface area (Å²) in [4.78, 5) is 13.8. The van der Waals surface area contributed by atoms with Crippen molar-refractivity contribution >= 4 is 6.08 Å². The maximum Gasteiger partial charge on any atom is 0.236 e. The molecular weight excluding hydrogens is 200 g/mol. The number of nitriles is 1. The number of isocyanates is 1. The van der Waals surface area contributed by atoms with Crippen molar-refractivity contribution in [2.75, 3.05) is 0 Å². The summed E-state index contributed by atoms with van der Waals surface area (Å²) in [6, 6.07) is 1.62. The Kier molecular flexibility index (Phi) is 4.26. The van der Waals surface area contributed by atoms with E-state index in [0.29, 0.717) is 5.41 Å². The molecule has 1 atom stereocenters. The SMILES string of the molecule is CC(C)(C)C1CCC(C(C#N)N=C=O)CC1. The van der Waals surface area contributed by atoms with Gasteiger partial charge in [0.15, 0.2) is 6.04 Å². The molecule has 1 unspecified atom stereocenters. The third kappa shape index (κ3) is 3.18. The van der Waals surface area contributed by atoms with Gasteiger partial charge in [-0.05, 0) is 42.9 Å². The lowest BCUT2D eigenvalue weighted by atomic mass is 9.69. The minimum absolute atomic E-state index is 0.255. The van der Waals surface area contributed by atoms with E-state index >= 15 is 0 Å². The van der Waals surface area contributed by atoms with Crippen LogP contribution in [0, 0.1) is 28.6 Å². The van der Waals surface area contributed by atoms with Gasteiger partial charge in [0.05, 0.1) is 6.07 Å². The molecule has 0 N–H and O–H groups in total. The summed E-state index contributed by atoms with van der Waals surface area (Å²) < 4.78 is 0. The highest BCUT2D eigenvalue weighted by molar-refractivity contribution is 5.34. The molecule has 1 saturated carbocycles. The molecule has 16 heavy (non-hydrogen) atoms. The van der Waals surface area contributed by atoms with E-state index in [1.807, 2.05) is 0 Å². The molecule has 0 aromatic carbocycles. The van der Waals surface area contributed by atoms with Gasteiger partial charge in [-0.2, -0.15) is 10.3 Å². The summed E-state index contributed by atoms with van der Waals surface area (Å²) in [5.41, 5.74) is 0.348. The van der Waals surface area contributed by atoms with E-state index in [0.717, 1.165) is 31.6 Å². The van der Waals surface area contributed by atoms with Crippen LogP contribution in [0.4, 0.5) is 0 Å². The second kappa shape index (κ2) is 5.27. The maximum atomic E-state index is 10.2. The molecule has 0 bridgehead atoms. The van der Waals surface area contributed by atoms with Crippen LogP contribution in [0.15, 0.2) is 4.99 Å². The normalized spacial score (nSPS) is 27.6. The lowest BCUT2D eigenvalue weighted by molar-refractivity contribution is 0.146. The molecule has 0 amide bonds. The van der Waals surface area contributed by atoms with Crippen LogP contribution in [0.25, 0.3) is 0 Å². The van der Waals surface area contributed by atoms with Crippen molar-refractivity contribution in [1.29, 1.82) is 5.26 Å². The molecule has 0 heterocycles. The van der Waals surface area contributed by atoms with Crippen LogP contribution in [0.2, 0.25) is 0 Å². The van der Waals surface area contributed by atoms with E-state index in [9.17, 15) is 4.79 Å². The Labute approximate surface area is 97.6 Å². The van der Waals surface area contributed by atoms with Crippen LogP contribution < -0.4 is 0 Å². The number of hydrogen-bond acceptors (Lipinski definition) is 3. The summed E-state index contributed by atoms with van der Waals surface area (Å²) in [5.74, 6) is 0.980. The van der Waals surface area contributed by atoms with E-state index < -0.39 is 6.04 Å². The van der Waals surface area contributed by atoms with Gasteiger partial charge in [-0.15, -0.1) is 0 Å². The first-order chi connectivity index (χ1) is 7.49. The van der Waals surface area contributed by atoms with Crippen molar-refractivity contribution in [2.24, 2.45) is 22.2 Å². The number of carbonyl (C=O) groups excluding carboxylic acids is 1. The summed E-state index contributed by atoms with van der Waals surface area (Å²) >= 11 is 0. The van der Waals surface area contributed by atoms with E-state index in [2.05, 4.69) is 31.8 Å². The first-order valence-electron chi connectivity index (χ1n) is 5.95. The third-order valence-electron chi connectivity index (χ3n) is 3.77. The Balaban J connectivity index is 2.55. The van der Waals surface area contributed by atoms with E-state index in [1.165, 1.54) is 6.08 Å². The molecular formula is C13H20N2O. The molecule has 0 aliphatic heterocycles. The molecule has 1 aliphatic carbocycles. The van der Waals surface area contributed by atoms with Gasteiger partial charge in [0.25, 0.3) is 0 Å². The molecule has 0 saturated heterocycles. The van der Waals surface area contributed by atoms with Crippen LogP contribution in [-0.4, -0.2) is 12.1 Å². The van der Waals surface area contributed by atoms with Gasteiger partial charge >= 0.3 is 0 Å². The van der Waals surface area contributed by atoms with Crippen LogP contribution in [0.1, 0.15) is 46.5 Å². The Morgan fingerprint density at radius 3 is 2.19 bits per heavy atom. The van der Waals surface area contributed by atoms with Crippen molar-refractivity contribution < 1.29 is 4.79 Å². The van der Waals surface area contributed by atoms with Crippen LogP contribution in [0.5, 0.6) is 0 Å². The van der Waals surface area contributed by atoms with Gasteiger partial charge in [-0.25, -0.2) is 4.79 Å². The zero-order chi connectivity index (χ0) is 12.2. The zero-order valence-electron chi connectivity index (χ0n) is 10.4. The van der Waals surface area contributed by atoms with Gasteiger partial charge in [-0.3, -0.25) is 0 Å². The summed E-state index contributed by atoms with van der Waals surface area (Å²) in [6.45, 7) is 6.80. The lowest BCUT2D eigenvalue weighted by Gasteiger charge is -2.37.